The van der Waals surface area contributed by atoms with E-state index < -0.39 is 11.9 Å². The van der Waals surface area contributed by atoms with Gasteiger partial charge in [0.05, 0.1) is 19.1 Å². The maximum atomic E-state index is 13.7. The van der Waals surface area contributed by atoms with Gasteiger partial charge in [-0.15, -0.1) is 0 Å². The summed E-state index contributed by atoms with van der Waals surface area (Å²) in [5, 5.41) is 10.5. The van der Waals surface area contributed by atoms with E-state index in [9.17, 15) is 14.7 Å². The maximum absolute atomic E-state index is 13.7. The fourth-order valence-electron chi connectivity index (χ4n) is 6.26. The molecule has 0 unspecified atom stereocenters. The van der Waals surface area contributed by atoms with E-state index in [1.165, 1.54) is 0 Å². The van der Waals surface area contributed by atoms with Gasteiger partial charge in [-0.3, -0.25) is 14.5 Å². The Morgan fingerprint density at radius 1 is 1.15 bits per heavy atom. The molecule has 9 nitrogen and oxygen atoms in total. The molecule has 1 amide bonds. The Balaban J connectivity index is 1.55. The van der Waals surface area contributed by atoms with Crippen molar-refractivity contribution < 1.29 is 19.4 Å². The molecule has 1 aromatic carbocycles. The van der Waals surface area contributed by atoms with Gasteiger partial charge in [0, 0.05) is 63.9 Å². The molecule has 1 saturated heterocycles. The van der Waals surface area contributed by atoms with Crippen LogP contribution in [0.5, 0.6) is 5.75 Å². The normalized spacial score (nSPS) is 20.6. The Hall–Kier alpha value is -2.91. The van der Waals surface area contributed by atoms with Gasteiger partial charge in [0.15, 0.2) is 0 Å². The number of imidazole rings is 1. The second-order valence-electron chi connectivity index (χ2n) is 11.7. The van der Waals surface area contributed by atoms with Crippen molar-refractivity contribution in [2.45, 2.75) is 63.8 Å². The van der Waals surface area contributed by atoms with Crippen molar-refractivity contribution >= 4 is 11.9 Å². The average Bonchev–Trinajstić information content (AvgIpc) is 3.64. The summed E-state index contributed by atoms with van der Waals surface area (Å²) in [5.74, 6) is 0.344. The average molecular weight is 554 g/mol. The van der Waals surface area contributed by atoms with Gasteiger partial charge in [0.2, 0.25) is 5.91 Å². The lowest BCUT2D eigenvalue weighted by molar-refractivity contribution is -0.143. The molecule has 1 N–H and O–H groups in total. The number of unbranched alkanes of at least 4 members (excludes halogenated alkanes) is 2. The minimum absolute atomic E-state index is 0.104. The molecule has 1 aromatic heterocycles. The Kier molecular flexibility index (Phi) is 10.6. The molecule has 9 heteroatoms. The van der Waals surface area contributed by atoms with Crippen LogP contribution in [0, 0.1) is 5.92 Å². The van der Waals surface area contributed by atoms with E-state index in [4.69, 9.17) is 4.74 Å². The van der Waals surface area contributed by atoms with Crippen molar-refractivity contribution in [1.29, 1.82) is 0 Å². The zero-order valence-corrected chi connectivity index (χ0v) is 24.7. The number of carboxylic acids is 1. The number of carbonyl (C=O) groups excluding carboxylic acids is 1. The molecule has 3 heterocycles. The second kappa shape index (κ2) is 14.1. The summed E-state index contributed by atoms with van der Waals surface area (Å²) in [5.41, 5.74) is 2.17. The van der Waals surface area contributed by atoms with Crippen molar-refractivity contribution in [3.05, 3.63) is 47.5 Å². The fourth-order valence-corrected chi connectivity index (χ4v) is 6.26. The molecule has 2 aromatic rings. The number of hydrogen-bond donors (Lipinski definition) is 1. The molecule has 0 aliphatic carbocycles. The van der Waals surface area contributed by atoms with Gasteiger partial charge in [-0.05, 0) is 63.5 Å². The van der Waals surface area contributed by atoms with Crippen LogP contribution in [0.4, 0.5) is 0 Å². The molecule has 4 rings (SSSR count). The number of hydrogen-bond acceptors (Lipinski definition) is 6. The number of carbonyl (C=O) groups is 2. The number of aromatic nitrogens is 2. The van der Waals surface area contributed by atoms with Gasteiger partial charge in [-0.2, -0.15) is 0 Å². The zero-order chi connectivity index (χ0) is 28.6. The molecule has 1 fully saturated rings. The van der Waals surface area contributed by atoms with Gasteiger partial charge in [-0.25, -0.2) is 4.98 Å². The summed E-state index contributed by atoms with van der Waals surface area (Å²) in [7, 11) is 6.11. The summed E-state index contributed by atoms with van der Waals surface area (Å²) in [6, 6.07) is 5.87. The van der Waals surface area contributed by atoms with Crippen molar-refractivity contribution in [2.75, 3.05) is 53.4 Å². The molecule has 0 saturated carbocycles. The third-order valence-corrected chi connectivity index (χ3v) is 8.52. The van der Waals surface area contributed by atoms with E-state index in [-0.39, 0.29) is 24.4 Å². The number of aliphatic carboxylic acids is 1. The minimum atomic E-state index is -0.798. The topological polar surface area (TPSA) is 91.1 Å². The number of likely N-dealkylation sites (tertiary alicyclic amines) is 1. The fraction of sp³-hybridized carbons (Fsp3) is 0.645. The van der Waals surface area contributed by atoms with E-state index in [0.717, 1.165) is 74.4 Å². The molecule has 0 bridgehead atoms. The van der Waals surface area contributed by atoms with Crippen LogP contribution in [-0.2, 0) is 29.5 Å². The third kappa shape index (κ3) is 7.43. The summed E-state index contributed by atoms with van der Waals surface area (Å²) >= 11 is 0. The van der Waals surface area contributed by atoms with Crippen molar-refractivity contribution in [2.24, 2.45) is 13.0 Å². The first-order valence-corrected chi connectivity index (χ1v) is 14.9. The number of benzene rings is 1. The Labute approximate surface area is 239 Å². The lowest BCUT2D eigenvalue weighted by atomic mass is 9.83. The number of amides is 1. The summed E-state index contributed by atoms with van der Waals surface area (Å²) in [6.45, 7) is 6.11. The maximum Gasteiger partial charge on any atom is 0.308 e. The minimum Gasteiger partial charge on any atom is -0.493 e. The van der Waals surface area contributed by atoms with E-state index in [0.29, 0.717) is 26.0 Å². The molecular weight excluding hydrogens is 506 g/mol. The van der Waals surface area contributed by atoms with Gasteiger partial charge >= 0.3 is 5.97 Å². The van der Waals surface area contributed by atoms with Crippen LogP contribution in [0.3, 0.4) is 0 Å². The predicted octanol–water partition coefficient (Wildman–Crippen LogP) is 3.43. The smallest absolute Gasteiger partial charge is 0.308 e. The zero-order valence-electron chi connectivity index (χ0n) is 24.7. The Morgan fingerprint density at radius 3 is 2.62 bits per heavy atom. The van der Waals surface area contributed by atoms with Gasteiger partial charge in [0.1, 0.15) is 11.6 Å². The van der Waals surface area contributed by atoms with Crippen LogP contribution in [0.25, 0.3) is 0 Å². The van der Waals surface area contributed by atoms with E-state index in [1.807, 2.05) is 34.8 Å². The highest BCUT2D eigenvalue weighted by Gasteiger charge is 2.47. The molecule has 0 spiro atoms. The van der Waals surface area contributed by atoms with Crippen molar-refractivity contribution in [3.63, 3.8) is 0 Å². The number of carboxylic acid groups (broad SMARTS) is 1. The number of aryl methyl sites for hydroxylation is 2. The quantitative estimate of drug-likeness (QED) is 0.338. The highest BCUT2D eigenvalue weighted by Crippen LogP contribution is 2.41. The second-order valence-corrected chi connectivity index (χ2v) is 11.7. The lowest BCUT2D eigenvalue weighted by Crippen LogP contribution is -2.45. The standard InChI is InChI=1S/C31H47N5O4/c1-5-6-16-35(17-8-7-15-33(2)3)29(37)22-36-21-25(23-9-11-27-24(20-23)13-19-40-27)30(31(38)39)26(36)10-12-28-32-14-18-34(28)4/h9,11,14,18,20,25-26,30H,5-8,10,12-13,15-17,19,21-22H2,1-4H3,(H,38,39)/t25-,26+,30-/m1/s1. The highest BCUT2D eigenvalue weighted by molar-refractivity contribution is 5.79. The van der Waals surface area contributed by atoms with Crippen LogP contribution < -0.4 is 4.74 Å². The molecule has 3 atom stereocenters. The molecular formula is C31H47N5O4. The van der Waals surface area contributed by atoms with E-state index in [2.05, 4.69) is 41.9 Å². The molecule has 2 aliphatic rings. The van der Waals surface area contributed by atoms with Crippen LogP contribution in [0.15, 0.2) is 30.6 Å². The Morgan fingerprint density at radius 2 is 1.93 bits per heavy atom. The summed E-state index contributed by atoms with van der Waals surface area (Å²) < 4.78 is 7.68. The van der Waals surface area contributed by atoms with Crippen LogP contribution in [0.2, 0.25) is 0 Å². The molecule has 220 valence electrons. The molecule has 40 heavy (non-hydrogen) atoms. The summed E-state index contributed by atoms with van der Waals surface area (Å²) in [4.78, 5) is 37.4. The van der Waals surface area contributed by atoms with Crippen LogP contribution in [-0.4, -0.2) is 101 Å². The monoisotopic (exact) mass is 553 g/mol. The third-order valence-electron chi connectivity index (χ3n) is 8.52. The van der Waals surface area contributed by atoms with Gasteiger partial charge in [-0.1, -0.05) is 25.5 Å². The predicted molar refractivity (Wildman–Crippen MR) is 156 cm³/mol. The first-order chi connectivity index (χ1) is 19.3. The van der Waals surface area contributed by atoms with Crippen LogP contribution in [0.1, 0.15) is 61.9 Å². The number of nitrogens with zero attached hydrogens (tertiary/aromatic N) is 5. The van der Waals surface area contributed by atoms with Crippen LogP contribution >= 0.6 is 0 Å². The largest absolute Gasteiger partial charge is 0.493 e. The van der Waals surface area contributed by atoms with Crippen molar-refractivity contribution in [1.82, 2.24) is 24.3 Å². The molecule has 0 radical (unpaired) electrons. The van der Waals surface area contributed by atoms with Gasteiger partial charge < -0.3 is 24.2 Å². The van der Waals surface area contributed by atoms with E-state index in [1.54, 1.807) is 6.20 Å². The van der Waals surface area contributed by atoms with Gasteiger partial charge in [0.25, 0.3) is 0 Å². The number of ether oxygens (including phenoxy) is 1. The molecule has 2 aliphatic heterocycles. The first kappa shape index (κ1) is 30.1. The SMILES string of the molecule is CCCCN(CCCCN(C)C)C(=O)CN1C[C@H](c2ccc3c(c2)CCO3)[C@@H](C(=O)O)[C@@H]1CCc1nccn1C. The van der Waals surface area contributed by atoms with Crippen molar-refractivity contribution in [3.8, 4) is 5.75 Å². The first-order valence-electron chi connectivity index (χ1n) is 14.9. The number of rotatable bonds is 15. The highest BCUT2D eigenvalue weighted by atomic mass is 16.5. The number of fused-ring (bicyclic) bond motifs is 1. The lowest BCUT2D eigenvalue weighted by Gasteiger charge is -2.30. The Bertz CT molecular complexity index is 1130. The summed E-state index contributed by atoms with van der Waals surface area (Å²) in [6.07, 6.45) is 9.85. The van der Waals surface area contributed by atoms with E-state index >= 15 is 0 Å².